The topological polar surface area (TPSA) is 72.3 Å². The third kappa shape index (κ3) is 4.61. The van der Waals surface area contributed by atoms with Crippen LogP contribution in [0.15, 0.2) is 170 Å². The molecule has 0 aliphatic rings. The van der Waals surface area contributed by atoms with Crippen molar-refractivity contribution in [2.24, 2.45) is 0 Å². The van der Waals surface area contributed by atoms with E-state index in [9.17, 15) is 5.26 Å². The maximum Gasteiger partial charge on any atom is 0.166 e. The summed E-state index contributed by atoms with van der Waals surface area (Å²) in [6.07, 6.45) is 0. The van der Waals surface area contributed by atoms with Gasteiger partial charge in [-0.2, -0.15) is 5.26 Å². The number of fused-ring (bicyclic) bond motifs is 7. The Morgan fingerprint density at radius 3 is 1.65 bits per heavy atom. The molecule has 10 aromatic rings. The normalized spacial score (nSPS) is 11.4. The minimum atomic E-state index is 0.490. The predicted molar refractivity (Wildman–Crippen MR) is 210 cm³/mol. The first-order valence-electron chi connectivity index (χ1n) is 17.2. The van der Waals surface area contributed by atoms with Crippen LogP contribution in [0.3, 0.4) is 0 Å². The number of aromatic nitrogens is 5. The quantitative estimate of drug-likeness (QED) is 0.184. The van der Waals surface area contributed by atoms with Crippen LogP contribution in [0.4, 0.5) is 0 Å². The lowest BCUT2D eigenvalue weighted by Crippen LogP contribution is -2.04. The second kappa shape index (κ2) is 11.9. The molecule has 0 spiro atoms. The standard InChI is InChI=1S/C46H28N6/c47-29-30-24-26-40(37(28-30)46-49-44(31-14-4-1-5-15-31)48-45(50-46)32-16-6-2-7-17-32)52-38-22-12-10-20-34(38)35-25-27-41-42(43(35)52)36-21-11-13-23-39(36)51(41)33-18-8-3-9-19-33/h1-28H. The van der Waals surface area contributed by atoms with Gasteiger partial charge in [0.2, 0.25) is 0 Å². The van der Waals surface area contributed by atoms with E-state index in [0.717, 1.165) is 71.7 Å². The molecule has 0 fully saturated rings. The number of benzene rings is 7. The largest absolute Gasteiger partial charge is 0.309 e. The molecule has 0 bridgehead atoms. The fraction of sp³-hybridized carbons (Fsp3) is 0. The van der Waals surface area contributed by atoms with Crippen LogP contribution in [0.25, 0.3) is 89.2 Å². The molecule has 6 heteroatoms. The molecule has 0 unspecified atom stereocenters. The fourth-order valence-electron chi connectivity index (χ4n) is 7.52. The molecule has 3 heterocycles. The number of nitriles is 1. The summed E-state index contributed by atoms with van der Waals surface area (Å²) in [6.45, 7) is 0. The minimum absolute atomic E-state index is 0.490. The molecule has 0 saturated heterocycles. The van der Waals surface area contributed by atoms with Gasteiger partial charge in [0.1, 0.15) is 0 Å². The summed E-state index contributed by atoms with van der Waals surface area (Å²) >= 11 is 0. The van der Waals surface area contributed by atoms with Crippen LogP contribution in [0.5, 0.6) is 0 Å². The molecule has 52 heavy (non-hydrogen) atoms. The van der Waals surface area contributed by atoms with Gasteiger partial charge in [-0.25, -0.2) is 15.0 Å². The van der Waals surface area contributed by atoms with Gasteiger partial charge >= 0.3 is 0 Å². The van der Waals surface area contributed by atoms with Gasteiger partial charge in [-0.15, -0.1) is 0 Å². The van der Waals surface area contributed by atoms with Gasteiger partial charge in [0.15, 0.2) is 17.5 Å². The van der Waals surface area contributed by atoms with Gasteiger partial charge in [-0.1, -0.05) is 121 Å². The number of nitrogens with zero attached hydrogens (tertiary/aromatic N) is 6. The Kier molecular flexibility index (Phi) is 6.76. The van der Waals surface area contributed by atoms with Crippen LogP contribution in [0, 0.1) is 11.3 Å². The summed E-state index contributed by atoms with van der Waals surface area (Å²) in [6, 6.07) is 60.2. The molecule has 0 radical (unpaired) electrons. The summed E-state index contributed by atoms with van der Waals surface area (Å²) < 4.78 is 4.68. The first-order valence-corrected chi connectivity index (χ1v) is 17.2. The first-order chi connectivity index (χ1) is 25.8. The Bertz CT molecular complexity index is 2950. The molecule has 10 rings (SSSR count). The summed E-state index contributed by atoms with van der Waals surface area (Å²) in [7, 11) is 0. The summed E-state index contributed by atoms with van der Waals surface area (Å²) in [5.74, 6) is 1.62. The molecule has 7 aromatic carbocycles. The highest BCUT2D eigenvalue weighted by Gasteiger charge is 2.23. The average molecular weight is 665 g/mol. The zero-order valence-corrected chi connectivity index (χ0v) is 27.8. The van der Waals surface area contributed by atoms with E-state index in [1.54, 1.807) is 0 Å². The third-order valence-corrected chi connectivity index (χ3v) is 9.79. The van der Waals surface area contributed by atoms with Crippen molar-refractivity contribution in [3.05, 3.63) is 175 Å². The fourth-order valence-corrected chi connectivity index (χ4v) is 7.52. The lowest BCUT2D eigenvalue weighted by atomic mass is 10.1. The first kappa shape index (κ1) is 29.5. The van der Waals surface area contributed by atoms with Crippen molar-refractivity contribution in [2.45, 2.75) is 0 Å². The Morgan fingerprint density at radius 2 is 1.00 bits per heavy atom. The minimum Gasteiger partial charge on any atom is -0.309 e. The predicted octanol–water partition coefficient (Wildman–Crippen LogP) is 10.9. The van der Waals surface area contributed by atoms with E-state index in [1.165, 1.54) is 0 Å². The van der Waals surface area contributed by atoms with Crippen LogP contribution < -0.4 is 0 Å². The molecule has 0 saturated carbocycles. The SMILES string of the molecule is N#Cc1ccc(-n2c3ccccc3c3ccc4c(c5ccccc5n4-c4ccccc4)c32)c(-c2nc(-c3ccccc3)nc(-c3ccccc3)n2)c1. The van der Waals surface area contributed by atoms with Crippen LogP contribution in [0.2, 0.25) is 0 Å². The maximum atomic E-state index is 10.2. The molecule has 0 N–H and O–H groups in total. The summed E-state index contributed by atoms with van der Waals surface area (Å²) in [5.41, 5.74) is 9.37. The van der Waals surface area contributed by atoms with Gasteiger partial charge < -0.3 is 9.13 Å². The molecule has 6 nitrogen and oxygen atoms in total. The highest BCUT2D eigenvalue weighted by molar-refractivity contribution is 6.26. The Labute approximate surface area is 299 Å². The van der Waals surface area contributed by atoms with Crippen molar-refractivity contribution in [3.63, 3.8) is 0 Å². The van der Waals surface area contributed by atoms with Crippen LogP contribution >= 0.6 is 0 Å². The van der Waals surface area contributed by atoms with Crippen molar-refractivity contribution in [2.75, 3.05) is 0 Å². The molecule has 0 aliphatic carbocycles. The molecule has 0 amide bonds. The number of para-hydroxylation sites is 3. The van der Waals surface area contributed by atoms with E-state index >= 15 is 0 Å². The number of hydrogen-bond acceptors (Lipinski definition) is 4. The van der Waals surface area contributed by atoms with E-state index in [-0.39, 0.29) is 0 Å². The van der Waals surface area contributed by atoms with E-state index in [0.29, 0.717) is 23.0 Å². The van der Waals surface area contributed by atoms with Gasteiger partial charge in [0.25, 0.3) is 0 Å². The van der Waals surface area contributed by atoms with E-state index < -0.39 is 0 Å². The zero-order valence-electron chi connectivity index (χ0n) is 27.8. The van der Waals surface area contributed by atoms with Crippen LogP contribution in [0.1, 0.15) is 5.56 Å². The van der Waals surface area contributed by atoms with Gasteiger partial charge in [0.05, 0.1) is 39.4 Å². The molecular weight excluding hydrogens is 637 g/mol. The smallest absolute Gasteiger partial charge is 0.166 e. The molecule has 3 aromatic heterocycles. The van der Waals surface area contributed by atoms with Crippen molar-refractivity contribution in [1.82, 2.24) is 24.1 Å². The third-order valence-electron chi connectivity index (χ3n) is 9.79. The monoisotopic (exact) mass is 664 g/mol. The van der Waals surface area contributed by atoms with E-state index in [1.807, 2.05) is 84.9 Å². The Morgan fingerprint density at radius 1 is 0.442 bits per heavy atom. The van der Waals surface area contributed by atoms with E-state index in [4.69, 9.17) is 15.0 Å². The highest BCUT2D eigenvalue weighted by Crippen LogP contribution is 2.43. The molecule has 242 valence electrons. The van der Waals surface area contributed by atoms with Crippen molar-refractivity contribution >= 4 is 43.6 Å². The Hall–Kier alpha value is -7.36. The molecule has 0 aliphatic heterocycles. The van der Waals surface area contributed by atoms with Crippen molar-refractivity contribution in [3.8, 4) is 51.6 Å². The maximum absolute atomic E-state index is 10.2. The summed E-state index contributed by atoms with van der Waals surface area (Å²) in [5, 5.41) is 14.8. The molecular formula is C46H28N6. The second-order valence-electron chi connectivity index (χ2n) is 12.8. The highest BCUT2D eigenvalue weighted by atomic mass is 15.1. The number of rotatable bonds is 5. The van der Waals surface area contributed by atoms with Crippen molar-refractivity contribution < 1.29 is 0 Å². The van der Waals surface area contributed by atoms with Gasteiger partial charge in [-0.05, 0) is 48.5 Å². The zero-order chi connectivity index (χ0) is 34.6. The second-order valence-corrected chi connectivity index (χ2v) is 12.8. The van der Waals surface area contributed by atoms with Crippen LogP contribution in [-0.2, 0) is 0 Å². The van der Waals surface area contributed by atoms with Gasteiger partial charge in [-0.3, -0.25) is 0 Å². The summed E-state index contributed by atoms with van der Waals surface area (Å²) in [4.78, 5) is 15.2. The van der Waals surface area contributed by atoms with Gasteiger partial charge in [0, 0.05) is 43.9 Å². The van der Waals surface area contributed by atoms with Crippen molar-refractivity contribution in [1.29, 1.82) is 5.26 Å². The van der Waals surface area contributed by atoms with E-state index in [2.05, 4.69) is 100 Å². The molecule has 0 atom stereocenters. The number of hydrogen-bond donors (Lipinski definition) is 0. The average Bonchev–Trinajstić information content (AvgIpc) is 3.74. The lowest BCUT2D eigenvalue weighted by Gasteiger charge is -2.15. The Balaban J connectivity index is 1.34. The van der Waals surface area contributed by atoms with Crippen LogP contribution in [-0.4, -0.2) is 24.1 Å². The lowest BCUT2D eigenvalue weighted by molar-refractivity contribution is 1.06.